The van der Waals surface area contributed by atoms with Crippen molar-refractivity contribution in [1.29, 1.82) is 0 Å². The molecule has 60 heavy (non-hydrogen) atoms. The zero-order valence-electron chi connectivity index (χ0n) is 39.9. The molecule has 352 valence electrons. The second-order valence-corrected chi connectivity index (χ2v) is 17.9. The predicted octanol–water partition coefficient (Wildman–Crippen LogP) is 15.7. The summed E-state index contributed by atoms with van der Waals surface area (Å²) in [6.07, 6.45) is 60.0. The van der Waals surface area contributed by atoms with Crippen LogP contribution >= 0.6 is 0 Å². The predicted molar refractivity (Wildman–Crippen MR) is 259 cm³/mol. The van der Waals surface area contributed by atoms with Gasteiger partial charge in [-0.15, -0.1) is 0 Å². The van der Waals surface area contributed by atoms with E-state index in [1.807, 2.05) is 6.08 Å². The Bertz CT molecular complexity index is 977. The molecule has 0 aromatic heterocycles. The van der Waals surface area contributed by atoms with Gasteiger partial charge in [-0.05, 0) is 64.2 Å². The maximum absolute atomic E-state index is 12.4. The highest BCUT2D eigenvalue weighted by Gasteiger charge is 2.18. The number of unbranched alkanes of at least 4 members (excludes halogenated alkanes) is 33. The number of rotatable bonds is 48. The Kier molecular flexibility index (Phi) is 48.1. The Morgan fingerprint density at radius 3 is 1.30 bits per heavy atom. The largest absolute Gasteiger partial charge is 0.466 e. The van der Waals surface area contributed by atoms with Crippen LogP contribution < -0.4 is 5.32 Å². The highest BCUT2D eigenvalue weighted by atomic mass is 16.5. The minimum atomic E-state index is -0.863. The van der Waals surface area contributed by atoms with E-state index in [9.17, 15) is 19.8 Å². The average molecular weight is 844 g/mol. The van der Waals surface area contributed by atoms with E-state index in [4.69, 9.17) is 4.74 Å². The van der Waals surface area contributed by atoms with Gasteiger partial charge in [0.1, 0.15) is 0 Å². The molecule has 0 heterocycles. The zero-order valence-corrected chi connectivity index (χ0v) is 39.9. The minimum Gasteiger partial charge on any atom is -0.466 e. The van der Waals surface area contributed by atoms with E-state index in [1.165, 1.54) is 173 Å². The molecule has 6 nitrogen and oxygen atoms in total. The van der Waals surface area contributed by atoms with E-state index in [0.717, 1.165) is 70.6 Å². The van der Waals surface area contributed by atoms with Crippen LogP contribution in [0.2, 0.25) is 0 Å². The normalized spacial score (nSPS) is 12.9. The quantitative estimate of drug-likeness (QED) is 0.0322. The van der Waals surface area contributed by atoms with E-state index in [-0.39, 0.29) is 18.5 Å². The zero-order chi connectivity index (χ0) is 43.7. The van der Waals surface area contributed by atoms with Crippen LogP contribution in [0.1, 0.15) is 271 Å². The van der Waals surface area contributed by atoms with Crippen LogP contribution in [0.4, 0.5) is 0 Å². The van der Waals surface area contributed by atoms with Crippen molar-refractivity contribution in [1.82, 2.24) is 5.32 Å². The number of nitrogens with one attached hydrogen (secondary N) is 1. The molecule has 0 aliphatic heterocycles. The number of hydrogen-bond donors (Lipinski definition) is 3. The third-order valence-electron chi connectivity index (χ3n) is 11.9. The molecule has 0 aromatic carbocycles. The maximum Gasteiger partial charge on any atom is 0.305 e. The fraction of sp³-hybridized carbons (Fsp3) is 0.852. The standard InChI is InChI=1S/C54H101NO5/c1-3-5-7-9-11-13-15-17-19-20-21-22-24-25-27-30-34-38-42-46-52(57)51(50-56)55-53(58)47-43-39-35-31-29-33-37-41-45-49-60-54(59)48-44-40-36-32-28-26-23-18-16-14-12-10-8-6-4-2/h12,14,18,23,42,46,51-52,56-57H,3-11,13,15-17,19-22,24-41,43-45,47-50H2,1-2H3,(H,55,58)/b14-12-,23-18-,46-42+. The maximum atomic E-state index is 12.4. The van der Waals surface area contributed by atoms with E-state index in [0.29, 0.717) is 19.4 Å². The van der Waals surface area contributed by atoms with E-state index in [2.05, 4.69) is 43.5 Å². The van der Waals surface area contributed by atoms with Crippen LogP contribution in [-0.2, 0) is 14.3 Å². The summed E-state index contributed by atoms with van der Waals surface area (Å²) in [6.45, 7) is 4.81. The molecule has 1 amide bonds. The highest BCUT2D eigenvalue weighted by molar-refractivity contribution is 5.76. The fourth-order valence-electron chi connectivity index (χ4n) is 7.84. The van der Waals surface area contributed by atoms with Crippen molar-refractivity contribution < 1.29 is 24.5 Å². The first-order chi connectivity index (χ1) is 29.5. The van der Waals surface area contributed by atoms with Gasteiger partial charge in [0, 0.05) is 12.8 Å². The summed E-state index contributed by atoms with van der Waals surface area (Å²) >= 11 is 0. The summed E-state index contributed by atoms with van der Waals surface area (Å²) in [5.74, 6) is -0.137. The van der Waals surface area contributed by atoms with Crippen LogP contribution in [-0.4, -0.2) is 47.4 Å². The van der Waals surface area contributed by atoms with Gasteiger partial charge in [-0.2, -0.15) is 0 Å². The molecule has 3 N–H and O–H groups in total. The number of carbonyl (C=O) groups is 2. The number of aliphatic hydroxyl groups excluding tert-OH is 2. The number of aliphatic hydroxyl groups is 2. The number of esters is 1. The second-order valence-electron chi connectivity index (χ2n) is 17.9. The number of amides is 1. The molecular weight excluding hydrogens is 743 g/mol. The summed E-state index contributed by atoms with van der Waals surface area (Å²) in [4.78, 5) is 24.5. The van der Waals surface area contributed by atoms with Crippen molar-refractivity contribution in [3.63, 3.8) is 0 Å². The van der Waals surface area contributed by atoms with Crippen molar-refractivity contribution in [2.75, 3.05) is 13.2 Å². The molecule has 0 rings (SSSR count). The van der Waals surface area contributed by atoms with Crippen molar-refractivity contribution in [3.05, 3.63) is 36.5 Å². The summed E-state index contributed by atoms with van der Waals surface area (Å²) < 4.78 is 5.44. The van der Waals surface area contributed by atoms with Crippen LogP contribution in [0.5, 0.6) is 0 Å². The van der Waals surface area contributed by atoms with Gasteiger partial charge in [0.25, 0.3) is 0 Å². The van der Waals surface area contributed by atoms with E-state index < -0.39 is 12.1 Å². The van der Waals surface area contributed by atoms with Crippen molar-refractivity contribution in [2.45, 2.75) is 283 Å². The molecule has 2 unspecified atom stereocenters. The molecule has 0 aliphatic carbocycles. The monoisotopic (exact) mass is 844 g/mol. The molecule has 0 aromatic rings. The van der Waals surface area contributed by atoms with Gasteiger partial charge in [-0.25, -0.2) is 0 Å². The SMILES string of the molecule is CCCCC/C=C\C/C=C\CCCCCCCC(=O)OCCCCCCCCCCCC(=O)NC(CO)C(O)/C=C/CCCCCCCCCCCCCCCCCCC. The van der Waals surface area contributed by atoms with Gasteiger partial charge >= 0.3 is 5.97 Å². The number of hydrogen-bond acceptors (Lipinski definition) is 5. The summed E-state index contributed by atoms with van der Waals surface area (Å²) in [5, 5.41) is 23.1. The Balaban J connectivity index is 3.54. The molecule has 2 atom stereocenters. The Morgan fingerprint density at radius 1 is 0.467 bits per heavy atom. The molecule has 0 saturated carbocycles. The minimum absolute atomic E-state index is 0.0414. The summed E-state index contributed by atoms with van der Waals surface area (Å²) in [7, 11) is 0. The molecular formula is C54H101NO5. The van der Waals surface area contributed by atoms with Crippen molar-refractivity contribution in [2.24, 2.45) is 0 Å². The van der Waals surface area contributed by atoms with Crippen LogP contribution in [0.25, 0.3) is 0 Å². The van der Waals surface area contributed by atoms with Crippen molar-refractivity contribution in [3.8, 4) is 0 Å². The summed E-state index contributed by atoms with van der Waals surface area (Å²) in [5.41, 5.74) is 0. The first-order valence-corrected chi connectivity index (χ1v) is 26.3. The summed E-state index contributed by atoms with van der Waals surface area (Å²) in [6, 6.07) is -0.650. The smallest absolute Gasteiger partial charge is 0.305 e. The van der Waals surface area contributed by atoms with Crippen LogP contribution in [0, 0.1) is 0 Å². The van der Waals surface area contributed by atoms with Gasteiger partial charge in [0.15, 0.2) is 0 Å². The van der Waals surface area contributed by atoms with Gasteiger partial charge in [-0.3, -0.25) is 9.59 Å². The van der Waals surface area contributed by atoms with E-state index >= 15 is 0 Å². The van der Waals surface area contributed by atoms with Crippen LogP contribution in [0.15, 0.2) is 36.5 Å². The average Bonchev–Trinajstić information content (AvgIpc) is 3.25. The lowest BCUT2D eigenvalue weighted by Gasteiger charge is -2.20. The van der Waals surface area contributed by atoms with Gasteiger partial charge in [0.05, 0.1) is 25.4 Å². The number of allylic oxidation sites excluding steroid dienone is 5. The lowest BCUT2D eigenvalue weighted by molar-refractivity contribution is -0.143. The molecule has 6 heteroatoms. The molecule has 0 spiro atoms. The lowest BCUT2D eigenvalue weighted by Crippen LogP contribution is -2.45. The Hall–Kier alpha value is -1.92. The molecule has 0 aliphatic rings. The first-order valence-electron chi connectivity index (χ1n) is 26.3. The van der Waals surface area contributed by atoms with Gasteiger partial charge in [0.2, 0.25) is 5.91 Å². The molecule has 0 saturated heterocycles. The molecule has 0 bridgehead atoms. The third-order valence-corrected chi connectivity index (χ3v) is 11.9. The van der Waals surface area contributed by atoms with Gasteiger partial charge < -0.3 is 20.3 Å². The second kappa shape index (κ2) is 49.7. The fourth-order valence-corrected chi connectivity index (χ4v) is 7.84. The Labute approximate surface area is 373 Å². The van der Waals surface area contributed by atoms with E-state index in [1.54, 1.807) is 6.08 Å². The number of ether oxygens (including phenoxy) is 1. The first kappa shape index (κ1) is 58.1. The molecule has 0 radical (unpaired) electrons. The topological polar surface area (TPSA) is 95.9 Å². The van der Waals surface area contributed by atoms with Gasteiger partial charge in [-0.1, -0.05) is 230 Å². The van der Waals surface area contributed by atoms with Crippen molar-refractivity contribution >= 4 is 11.9 Å². The Morgan fingerprint density at radius 2 is 0.833 bits per heavy atom. The number of carbonyl (C=O) groups excluding carboxylic acids is 2. The third kappa shape index (κ3) is 45.6. The highest BCUT2D eigenvalue weighted by Crippen LogP contribution is 2.16. The van der Waals surface area contributed by atoms with Crippen LogP contribution in [0.3, 0.4) is 0 Å². The lowest BCUT2D eigenvalue weighted by atomic mass is 10.0. The molecule has 0 fully saturated rings.